The Balaban J connectivity index is 0.772. The van der Waals surface area contributed by atoms with Crippen LogP contribution in [0.1, 0.15) is 114 Å². The zero-order valence-electron chi connectivity index (χ0n) is 42.3. The lowest BCUT2D eigenvalue weighted by atomic mass is 9.90. The van der Waals surface area contributed by atoms with E-state index in [4.69, 9.17) is 4.98 Å². The number of piperidine rings is 1. The highest BCUT2D eigenvalue weighted by molar-refractivity contribution is 6.22. The van der Waals surface area contributed by atoms with Crippen LogP contribution >= 0.6 is 0 Å². The lowest BCUT2D eigenvalue weighted by Gasteiger charge is -2.47. The molecule has 2 aliphatic carbocycles. The molecule has 5 aromatic rings. The summed E-state index contributed by atoms with van der Waals surface area (Å²) in [6.45, 7) is 15.1. The highest BCUT2D eigenvalue weighted by Crippen LogP contribution is 2.41. The highest BCUT2D eigenvalue weighted by Gasteiger charge is 2.42. The summed E-state index contributed by atoms with van der Waals surface area (Å²) in [7, 11) is 1.64. The Labute approximate surface area is 425 Å². The average molecular weight is 988 g/mol. The highest BCUT2D eigenvalue weighted by atomic mass is 16.3. The Morgan fingerprint density at radius 3 is 2.38 bits per heavy atom. The van der Waals surface area contributed by atoms with E-state index in [-0.39, 0.29) is 52.5 Å². The van der Waals surface area contributed by atoms with Crippen molar-refractivity contribution in [2.45, 2.75) is 110 Å². The molecule has 2 aromatic carbocycles. The van der Waals surface area contributed by atoms with Crippen molar-refractivity contribution in [3.05, 3.63) is 118 Å². The maximum Gasteiger partial charge on any atom is 0.293 e. The number of carbonyl (C=O) groups excluding carboxylic acids is 4. The summed E-state index contributed by atoms with van der Waals surface area (Å²) in [5.41, 5.74) is 8.18. The molecule has 6 aliphatic rings. The molecule has 11 rings (SSSR count). The van der Waals surface area contributed by atoms with Crippen LogP contribution in [0.2, 0.25) is 0 Å². The molecule has 3 fully saturated rings. The van der Waals surface area contributed by atoms with Crippen LogP contribution in [0.25, 0.3) is 11.3 Å². The van der Waals surface area contributed by atoms with Gasteiger partial charge in [0, 0.05) is 112 Å². The maximum atomic E-state index is 14.1. The molecule has 4 aliphatic heterocycles. The number of imide groups is 1. The van der Waals surface area contributed by atoms with Gasteiger partial charge in [-0.2, -0.15) is 0 Å². The van der Waals surface area contributed by atoms with Crippen molar-refractivity contribution in [3.63, 3.8) is 0 Å². The maximum absolute atomic E-state index is 14.1. The minimum absolute atomic E-state index is 0.00250. The summed E-state index contributed by atoms with van der Waals surface area (Å²) in [6.07, 6.45) is 13.3. The van der Waals surface area contributed by atoms with Gasteiger partial charge in [-0.3, -0.25) is 38.7 Å². The molecule has 3 N–H and O–H groups in total. The Morgan fingerprint density at radius 1 is 0.849 bits per heavy atom. The van der Waals surface area contributed by atoms with E-state index in [0.29, 0.717) is 70.0 Å². The topological polar surface area (TPSA) is 181 Å². The van der Waals surface area contributed by atoms with Gasteiger partial charge in [0.05, 0.1) is 34.8 Å². The normalized spacial score (nSPS) is 20.3. The van der Waals surface area contributed by atoms with E-state index in [1.54, 1.807) is 36.5 Å². The molecule has 3 aromatic heterocycles. The number of hydrogen-bond donors (Lipinski definition) is 3. The van der Waals surface area contributed by atoms with Crippen LogP contribution in [-0.4, -0.2) is 115 Å². The van der Waals surface area contributed by atoms with Crippen LogP contribution in [0.3, 0.4) is 0 Å². The molecule has 2 saturated heterocycles. The third-order valence-corrected chi connectivity index (χ3v) is 16.3. The van der Waals surface area contributed by atoms with Gasteiger partial charge in [-0.25, -0.2) is 9.97 Å². The first-order valence-electron chi connectivity index (χ1n) is 26.0. The number of nitrogens with zero attached hydrogens (tertiary/aromatic N) is 9. The van der Waals surface area contributed by atoms with Gasteiger partial charge in [-0.15, -0.1) is 0 Å². The fraction of sp³-hybridized carbons (Fsp3) is 0.446. The van der Waals surface area contributed by atoms with Gasteiger partial charge in [0.25, 0.3) is 23.3 Å². The summed E-state index contributed by atoms with van der Waals surface area (Å²) in [6, 6.07) is 15.6. The van der Waals surface area contributed by atoms with Gasteiger partial charge in [0.1, 0.15) is 11.5 Å². The number of aromatic nitrogens is 4. The molecule has 0 spiro atoms. The van der Waals surface area contributed by atoms with E-state index in [0.717, 1.165) is 102 Å². The third kappa shape index (κ3) is 8.79. The van der Waals surface area contributed by atoms with Crippen molar-refractivity contribution < 1.29 is 24.3 Å². The van der Waals surface area contributed by atoms with Gasteiger partial charge >= 0.3 is 0 Å². The van der Waals surface area contributed by atoms with Crippen molar-refractivity contribution >= 4 is 58.0 Å². The van der Waals surface area contributed by atoms with Crippen molar-refractivity contribution in [3.8, 4) is 11.3 Å². The van der Waals surface area contributed by atoms with E-state index in [2.05, 4.69) is 62.2 Å². The molecule has 7 heterocycles. The number of fused-ring (bicyclic) bond motifs is 4. The largest absolute Gasteiger partial charge is 0.392 e. The van der Waals surface area contributed by atoms with E-state index >= 15 is 0 Å². The fourth-order valence-corrected chi connectivity index (χ4v) is 12.6. The summed E-state index contributed by atoms with van der Waals surface area (Å²) >= 11 is 0. The van der Waals surface area contributed by atoms with Gasteiger partial charge in [-0.1, -0.05) is 39.7 Å². The molecule has 17 heteroatoms. The summed E-state index contributed by atoms with van der Waals surface area (Å²) in [5, 5.41) is 17.1. The number of aryl methyl sites for hydroxylation is 1. The molecule has 1 saturated carbocycles. The number of aliphatic hydroxyl groups excluding tert-OH is 1. The summed E-state index contributed by atoms with van der Waals surface area (Å²) in [4.78, 5) is 87.4. The number of aliphatic hydroxyl groups is 1. The Kier molecular flexibility index (Phi) is 12.6. The number of rotatable bonds is 11. The minimum Gasteiger partial charge on any atom is -0.392 e. The van der Waals surface area contributed by atoms with E-state index in [1.165, 1.54) is 26.8 Å². The van der Waals surface area contributed by atoms with Gasteiger partial charge < -0.3 is 34.7 Å². The lowest BCUT2D eigenvalue weighted by molar-refractivity contribution is -0.111. The fourth-order valence-electron chi connectivity index (χ4n) is 12.6. The number of pyridine rings is 1. The number of carbonyl (C=O) groups is 4. The van der Waals surface area contributed by atoms with Crippen molar-refractivity contribution in [1.82, 2.24) is 28.9 Å². The Hall–Kier alpha value is -7.11. The van der Waals surface area contributed by atoms with E-state index in [1.807, 2.05) is 36.4 Å². The second-order valence-corrected chi connectivity index (χ2v) is 21.6. The van der Waals surface area contributed by atoms with Crippen LogP contribution < -0.4 is 30.9 Å². The Bertz CT molecular complexity index is 3130. The summed E-state index contributed by atoms with van der Waals surface area (Å²) in [5.74, 6) is -0.439. The smallest absolute Gasteiger partial charge is 0.293 e. The number of hydrogen-bond acceptors (Lipinski definition) is 12. The zero-order chi connectivity index (χ0) is 50.9. The predicted octanol–water partition coefficient (Wildman–Crippen LogP) is 6.90. The third-order valence-electron chi connectivity index (χ3n) is 16.3. The monoisotopic (exact) mass is 988 g/mol. The van der Waals surface area contributed by atoms with Crippen LogP contribution in [0.15, 0.2) is 78.4 Å². The van der Waals surface area contributed by atoms with Crippen LogP contribution in [0.5, 0.6) is 0 Å². The lowest BCUT2D eigenvalue weighted by Crippen LogP contribution is -2.57. The molecular formula is C56H65N11O6. The molecular weight excluding hydrogens is 923 g/mol. The van der Waals surface area contributed by atoms with Crippen LogP contribution in [0.4, 0.5) is 34.4 Å². The van der Waals surface area contributed by atoms with Crippen LogP contribution in [-0.2, 0) is 37.8 Å². The minimum atomic E-state index is -0.412. The first kappa shape index (κ1) is 48.2. The van der Waals surface area contributed by atoms with Gasteiger partial charge in [0.15, 0.2) is 5.82 Å². The number of anilines is 6. The summed E-state index contributed by atoms with van der Waals surface area (Å²) < 4.78 is 3.57. The molecule has 0 bridgehead atoms. The van der Waals surface area contributed by atoms with E-state index < -0.39 is 6.61 Å². The second-order valence-electron chi connectivity index (χ2n) is 21.6. The van der Waals surface area contributed by atoms with Gasteiger partial charge in [0.2, 0.25) is 5.91 Å². The first-order chi connectivity index (χ1) is 35.2. The second kappa shape index (κ2) is 19.1. The number of benzene rings is 2. The van der Waals surface area contributed by atoms with Crippen molar-refractivity contribution in [1.29, 1.82) is 0 Å². The number of amides is 4. The molecule has 0 radical (unpaired) electrons. The predicted molar refractivity (Wildman–Crippen MR) is 282 cm³/mol. The van der Waals surface area contributed by atoms with Crippen LogP contribution in [0, 0.1) is 5.41 Å². The Morgan fingerprint density at radius 2 is 1.63 bits per heavy atom. The first-order valence-corrected chi connectivity index (χ1v) is 26.0. The molecule has 17 nitrogen and oxygen atoms in total. The van der Waals surface area contributed by atoms with Crippen molar-refractivity contribution in [2.75, 3.05) is 64.6 Å². The molecule has 1 atom stereocenters. The zero-order valence-corrected chi connectivity index (χ0v) is 42.3. The average Bonchev–Trinajstić information content (AvgIpc) is 3.98. The van der Waals surface area contributed by atoms with Crippen molar-refractivity contribution in [2.24, 2.45) is 12.5 Å². The standard InChI is InChI=1S/C56H65N11O6/c1-6-49(69)59-44-27-36(58-50-55(73)61(5)32-45(60-50)40-16-19-57-51(43(40)33-68)66-25-24-65-47(54(66)72)26-35-29-56(3,4)30-48(35)65)12-15-46(44)64-23-22-63(31-34(64)2)37-17-20-62(21-18-37)39-13-14-41-42(28-39)53(71)67(52(41)70)38-10-8-7-9-11-38/h6,12-16,19,26-28,32,34,37-38,68H,1,7-11,17-18,20-25,29-31,33H2,2-5H3,(H,58,60)(H,59,69). The van der Waals surface area contributed by atoms with E-state index in [9.17, 15) is 29.1 Å². The quantitative estimate of drug-likeness (QED) is 0.0922. The number of nitrogens with one attached hydrogen (secondary N) is 2. The van der Waals surface area contributed by atoms with Gasteiger partial charge in [-0.05, 0) is 111 Å². The molecule has 73 heavy (non-hydrogen) atoms. The molecule has 380 valence electrons. The molecule has 4 amide bonds. The molecule has 1 unspecified atom stereocenters. The number of piperazine rings is 1. The SMILES string of the molecule is C=CC(=O)Nc1cc(Nc2nc(-c3ccnc(N4CCn5c(cc6c5CC(C)(C)C6)C4=O)c3CO)cn(C)c2=O)ccc1N1CCN(C2CCN(c3ccc4c(c3)C(=O)N(C3CCCCC3)C4=O)CC2)CC1C.